The minimum atomic E-state index is -0.461. The first-order valence-electron chi connectivity index (χ1n) is 6.86. The second kappa shape index (κ2) is 6.35. The van der Waals surface area contributed by atoms with E-state index in [1.54, 1.807) is 18.2 Å². The molecule has 0 bridgehead atoms. The van der Waals surface area contributed by atoms with Gasteiger partial charge in [-0.15, -0.1) is 0 Å². The van der Waals surface area contributed by atoms with E-state index in [1.165, 1.54) is 24.7 Å². The molecule has 0 amide bonds. The number of aromatic nitrogens is 3. The van der Waals surface area contributed by atoms with E-state index < -0.39 is 11.6 Å². The highest BCUT2D eigenvalue weighted by Crippen LogP contribution is 2.18. The van der Waals surface area contributed by atoms with Crippen molar-refractivity contribution in [1.82, 2.24) is 15.2 Å². The Kier molecular flexibility index (Phi) is 4.09. The Morgan fingerprint density at radius 3 is 2.61 bits per heavy atom. The lowest BCUT2D eigenvalue weighted by Gasteiger charge is -2.02. The first kappa shape index (κ1) is 14.8. The number of carbonyl (C=O) groups excluding carboxylic acids is 2. The minimum absolute atomic E-state index is 0.0324. The number of carbonyl (C=O) groups is 2. The lowest BCUT2D eigenvalue weighted by Crippen LogP contribution is -2.11. The molecule has 0 fully saturated rings. The van der Waals surface area contributed by atoms with Crippen molar-refractivity contribution in [3.8, 4) is 0 Å². The van der Waals surface area contributed by atoms with Crippen LogP contribution in [0.4, 0.5) is 4.39 Å². The molecule has 23 heavy (non-hydrogen) atoms. The summed E-state index contributed by atoms with van der Waals surface area (Å²) in [6.07, 6.45) is 2.64. The molecule has 1 aromatic carbocycles. The summed E-state index contributed by atoms with van der Waals surface area (Å²) in [5.41, 5.74) is 1.48. The van der Waals surface area contributed by atoms with Crippen LogP contribution < -0.4 is 0 Å². The van der Waals surface area contributed by atoms with E-state index in [4.69, 9.17) is 4.42 Å². The Hall–Kier alpha value is -3.09. The van der Waals surface area contributed by atoms with Crippen LogP contribution in [0.5, 0.6) is 0 Å². The molecule has 0 spiro atoms. The molecule has 0 saturated heterocycles. The summed E-state index contributed by atoms with van der Waals surface area (Å²) in [5, 5.41) is 5.99. The average Bonchev–Trinajstić information content (AvgIpc) is 3.20. The number of aromatic amines is 1. The molecule has 0 unspecified atom stereocenters. The van der Waals surface area contributed by atoms with E-state index in [1.807, 2.05) is 0 Å². The molecular weight excluding hydrogens is 301 g/mol. The molecule has 2 heterocycles. The third kappa shape index (κ3) is 3.39. The number of ketones is 2. The van der Waals surface area contributed by atoms with E-state index in [2.05, 4.69) is 15.2 Å². The van der Waals surface area contributed by atoms with Gasteiger partial charge in [0.1, 0.15) is 12.1 Å². The van der Waals surface area contributed by atoms with E-state index in [0.29, 0.717) is 12.0 Å². The van der Waals surface area contributed by atoms with Crippen molar-refractivity contribution in [1.29, 1.82) is 0 Å². The topological polar surface area (TPSA) is 88.8 Å². The number of benzene rings is 1. The van der Waals surface area contributed by atoms with Crippen molar-refractivity contribution in [2.75, 3.05) is 0 Å². The van der Waals surface area contributed by atoms with Crippen LogP contribution in [0.1, 0.15) is 38.7 Å². The standard InChI is InChI=1S/C16H12FN3O3/c17-12-3-1-10(2-4-12)7-11-5-6-23-15(11)13(21)8-14(22)16-18-9-19-20-16/h1-6,9H,7-8H2,(H,18,19,20). The highest BCUT2D eigenvalue weighted by atomic mass is 19.1. The largest absolute Gasteiger partial charge is 0.461 e. The van der Waals surface area contributed by atoms with Crippen LogP contribution in [-0.2, 0) is 6.42 Å². The fourth-order valence-electron chi connectivity index (χ4n) is 2.19. The van der Waals surface area contributed by atoms with Gasteiger partial charge < -0.3 is 4.42 Å². The molecule has 7 heteroatoms. The molecule has 1 N–H and O–H groups in total. The molecule has 0 radical (unpaired) electrons. The molecule has 0 aliphatic rings. The summed E-state index contributed by atoms with van der Waals surface area (Å²) in [5.74, 6) is -1.06. The summed E-state index contributed by atoms with van der Waals surface area (Å²) < 4.78 is 18.1. The summed E-state index contributed by atoms with van der Waals surface area (Å²) in [4.78, 5) is 27.8. The monoisotopic (exact) mass is 313 g/mol. The van der Waals surface area contributed by atoms with Gasteiger partial charge in [0.25, 0.3) is 0 Å². The van der Waals surface area contributed by atoms with Crippen molar-refractivity contribution in [2.45, 2.75) is 12.8 Å². The van der Waals surface area contributed by atoms with Gasteiger partial charge in [-0.2, -0.15) is 5.10 Å². The number of hydrogen-bond donors (Lipinski definition) is 1. The number of hydrogen-bond acceptors (Lipinski definition) is 5. The van der Waals surface area contributed by atoms with Gasteiger partial charge in [0.2, 0.25) is 11.6 Å². The summed E-state index contributed by atoms with van der Waals surface area (Å²) >= 11 is 0. The van der Waals surface area contributed by atoms with Crippen molar-refractivity contribution in [3.63, 3.8) is 0 Å². The fourth-order valence-corrected chi connectivity index (χ4v) is 2.19. The first-order chi connectivity index (χ1) is 11.1. The maximum Gasteiger partial charge on any atom is 0.207 e. The number of rotatable bonds is 6. The lowest BCUT2D eigenvalue weighted by atomic mass is 10.0. The predicted molar refractivity (Wildman–Crippen MR) is 77.6 cm³/mol. The summed E-state index contributed by atoms with van der Waals surface area (Å²) in [7, 11) is 0. The van der Waals surface area contributed by atoms with Crippen LogP contribution >= 0.6 is 0 Å². The normalized spacial score (nSPS) is 10.7. The van der Waals surface area contributed by atoms with Crippen LogP contribution in [-0.4, -0.2) is 26.7 Å². The molecule has 2 aromatic heterocycles. The Balaban J connectivity index is 1.73. The number of nitrogens with zero attached hydrogens (tertiary/aromatic N) is 2. The third-order valence-corrected chi connectivity index (χ3v) is 3.31. The highest BCUT2D eigenvalue weighted by Gasteiger charge is 2.21. The van der Waals surface area contributed by atoms with Crippen LogP contribution in [0, 0.1) is 5.82 Å². The third-order valence-electron chi connectivity index (χ3n) is 3.31. The lowest BCUT2D eigenvalue weighted by molar-refractivity contribution is 0.0872. The molecule has 6 nitrogen and oxygen atoms in total. The Bertz CT molecular complexity index is 823. The van der Waals surface area contributed by atoms with Gasteiger partial charge in [-0.25, -0.2) is 9.37 Å². The Morgan fingerprint density at radius 1 is 1.13 bits per heavy atom. The fraction of sp³-hybridized carbons (Fsp3) is 0.125. The zero-order valence-corrected chi connectivity index (χ0v) is 12.0. The molecule has 3 aromatic rings. The maximum atomic E-state index is 12.9. The van der Waals surface area contributed by atoms with E-state index in [-0.39, 0.29) is 23.8 Å². The molecule has 0 aliphatic heterocycles. The molecule has 0 saturated carbocycles. The van der Waals surface area contributed by atoms with Crippen molar-refractivity contribution in [3.05, 3.63) is 71.5 Å². The van der Waals surface area contributed by atoms with Gasteiger partial charge in [-0.05, 0) is 23.8 Å². The first-order valence-corrected chi connectivity index (χ1v) is 6.86. The maximum absolute atomic E-state index is 12.9. The van der Waals surface area contributed by atoms with Gasteiger partial charge in [-0.3, -0.25) is 14.7 Å². The Morgan fingerprint density at radius 2 is 1.91 bits per heavy atom. The molecule has 116 valence electrons. The smallest absolute Gasteiger partial charge is 0.207 e. The number of halogens is 1. The van der Waals surface area contributed by atoms with Gasteiger partial charge in [0, 0.05) is 12.0 Å². The second-order valence-electron chi connectivity index (χ2n) is 4.94. The van der Waals surface area contributed by atoms with Gasteiger partial charge >= 0.3 is 0 Å². The second-order valence-corrected chi connectivity index (χ2v) is 4.94. The van der Waals surface area contributed by atoms with Gasteiger partial charge in [-0.1, -0.05) is 12.1 Å². The minimum Gasteiger partial charge on any atom is -0.461 e. The van der Waals surface area contributed by atoms with Crippen molar-refractivity contribution < 1.29 is 18.4 Å². The number of nitrogens with one attached hydrogen (secondary N) is 1. The quantitative estimate of drug-likeness (QED) is 0.558. The SMILES string of the molecule is O=C(CC(=O)c1occc1Cc1ccc(F)cc1)c1ncn[nH]1. The van der Waals surface area contributed by atoms with Crippen molar-refractivity contribution >= 4 is 11.6 Å². The average molecular weight is 313 g/mol. The Labute approximate surface area is 130 Å². The van der Waals surface area contributed by atoms with Crippen LogP contribution in [0.3, 0.4) is 0 Å². The summed E-state index contributed by atoms with van der Waals surface area (Å²) in [6, 6.07) is 7.64. The molecule has 0 atom stereocenters. The zero-order valence-electron chi connectivity index (χ0n) is 12.0. The van der Waals surface area contributed by atoms with E-state index >= 15 is 0 Å². The number of H-pyrrole nitrogens is 1. The van der Waals surface area contributed by atoms with E-state index in [9.17, 15) is 14.0 Å². The highest BCUT2D eigenvalue weighted by molar-refractivity contribution is 6.11. The van der Waals surface area contributed by atoms with Crippen LogP contribution in [0.15, 0.2) is 47.3 Å². The molecular formula is C16H12FN3O3. The molecule has 3 rings (SSSR count). The van der Waals surface area contributed by atoms with Crippen LogP contribution in [0.25, 0.3) is 0 Å². The van der Waals surface area contributed by atoms with Crippen molar-refractivity contribution in [2.24, 2.45) is 0 Å². The summed E-state index contributed by atoms with van der Waals surface area (Å²) in [6.45, 7) is 0. The van der Waals surface area contributed by atoms with Gasteiger partial charge in [0.15, 0.2) is 11.6 Å². The predicted octanol–water partition coefficient (Wildman–Crippen LogP) is 2.58. The number of Topliss-reactive ketones (excluding diaryl/α,β-unsaturated/α-hetero) is 2. The zero-order chi connectivity index (χ0) is 16.2. The van der Waals surface area contributed by atoms with Gasteiger partial charge in [0.05, 0.1) is 12.7 Å². The van der Waals surface area contributed by atoms with Crippen LogP contribution in [0.2, 0.25) is 0 Å². The number of furan rings is 1. The van der Waals surface area contributed by atoms with E-state index in [0.717, 1.165) is 5.56 Å². The molecule has 0 aliphatic carbocycles.